The molecule has 21 heavy (non-hydrogen) atoms. The average molecular weight is 294 g/mol. The van der Waals surface area contributed by atoms with Crippen molar-refractivity contribution in [3.63, 3.8) is 0 Å². The minimum absolute atomic E-state index is 0.0153. The summed E-state index contributed by atoms with van der Waals surface area (Å²) in [5.41, 5.74) is 0. The van der Waals surface area contributed by atoms with Crippen molar-refractivity contribution in [1.82, 2.24) is 20.2 Å². The molecule has 0 aliphatic rings. The smallest absolute Gasteiger partial charge is 0.344 e. The number of rotatable bonds is 7. The molecule has 0 radical (unpaired) electrons. The predicted molar refractivity (Wildman–Crippen MR) is 69.8 cm³/mol. The number of ether oxygens (including phenoxy) is 2. The molecule has 0 fully saturated rings. The molecule has 2 rings (SSSR count). The first-order valence-corrected chi connectivity index (χ1v) is 6.48. The molecule has 0 aliphatic heterocycles. The number of hydrogen-bond donors (Lipinski definition) is 0. The summed E-state index contributed by atoms with van der Waals surface area (Å²) in [5, 5.41) is 11.1. The Bertz CT molecular complexity index is 585. The van der Waals surface area contributed by atoms with Crippen LogP contribution in [0.1, 0.15) is 19.2 Å². The summed E-state index contributed by atoms with van der Waals surface area (Å²) in [6.07, 6.45) is 0.875. The maximum Gasteiger partial charge on any atom is 0.344 e. The van der Waals surface area contributed by atoms with Gasteiger partial charge >= 0.3 is 5.97 Å². The van der Waals surface area contributed by atoms with Crippen LogP contribution in [-0.2, 0) is 22.7 Å². The predicted octanol–water partition coefficient (Wildman–Crippen LogP) is 1.34. The van der Waals surface area contributed by atoms with Gasteiger partial charge in [-0.25, -0.2) is 13.9 Å². The highest BCUT2D eigenvalue weighted by molar-refractivity contribution is 5.71. The summed E-state index contributed by atoms with van der Waals surface area (Å²) >= 11 is 0. The van der Waals surface area contributed by atoms with Gasteiger partial charge in [0.05, 0.1) is 0 Å². The normalized spacial score (nSPS) is 10.4. The number of carbonyl (C=O) groups excluding carboxylic acids is 1. The second kappa shape index (κ2) is 7.32. The Hall–Kier alpha value is -2.51. The van der Waals surface area contributed by atoms with E-state index < -0.39 is 5.97 Å². The zero-order valence-corrected chi connectivity index (χ0v) is 11.5. The lowest BCUT2D eigenvalue weighted by Crippen LogP contribution is -2.16. The number of hydrogen-bond acceptors (Lipinski definition) is 6. The van der Waals surface area contributed by atoms with Gasteiger partial charge in [-0.15, -0.1) is 5.10 Å². The minimum atomic E-state index is -0.551. The number of halogens is 1. The first-order valence-electron chi connectivity index (χ1n) is 6.48. The van der Waals surface area contributed by atoms with Crippen LogP contribution in [0.25, 0.3) is 0 Å². The van der Waals surface area contributed by atoms with Crippen molar-refractivity contribution in [1.29, 1.82) is 0 Å². The molecule has 0 saturated heterocycles. The van der Waals surface area contributed by atoms with Crippen molar-refractivity contribution in [3.05, 3.63) is 35.9 Å². The standard InChI is InChI=1S/C13H15FN4O3/c1-2-7-18-12(15-16-17-18)8-21-13(19)9-20-11-5-3-10(14)4-6-11/h3-6H,2,7-9H2,1H3. The molecular weight excluding hydrogens is 279 g/mol. The van der Waals surface area contributed by atoms with E-state index >= 15 is 0 Å². The Kier molecular flexibility index (Phi) is 5.19. The van der Waals surface area contributed by atoms with Crippen molar-refractivity contribution in [2.24, 2.45) is 0 Å². The van der Waals surface area contributed by atoms with Gasteiger partial charge in [0.2, 0.25) is 0 Å². The fourth-order valence-corrected chi connectivity index (χ4v) is 1.57. The SMILES string of the molecule is CCCn1nnnc1COC(=O)COc1ccc(F)cc1. The molecule has 8 heteroatoms. The minimum Gasteiger partial charge on any atom is -0.482 e. The highest BCUT2D eigenvalue weighted by atomic mass is 19.1. The lowest BCUT2D eigenvalue weighted by molar-refractivity contribution is -0.147. The van der Waals surface area contributed by atoms with Crippen LogP contribution < -0.4 is 4.74 Å². The summed E-state index contributed by atoms with van der Waals surface area (Å²) in [4.78, 5) is 11.5. The van der Waals surface area contributed by atoms with Crippen LogP contribution in [0.4, 0.5) is 4.39 Å². The van der Waals surface area contributed by atoms with E-state index in [-0.39, 0.29) is 19.0 Å². The molecule has 1 aromatic carbocycles. The fourth-order valence-electron chi connectivity index (χ4n) is 1.57. The van der Waals surface area contributed by atoms with Crippen LogP contribution in [0.3, 0.4) is 0 Å². The molecule has 112 valence electrons. The number of carbonyl (C=O) groups is 1. The van der Waals surface area contributed by atoms with Crippen molar-refractivity contribution in [2.45, 2.75) is 26.5 Å². The molecule has 7 nitrogen and oxygen atoms in total. The molecule has 2 aromatic rings. The molecule has 0 unspecified atom stereocenters. The first-order chi connectivity index (χ1) is 10.2. The largest absolute Gasteiger partial charge is 0.482 e. The van der Waals surface area contributed by atoms with Gasteiger partial charge in [0.1, 0.15) is 11.6 Å². The molecule has 1 aromatic heterocycles. The van der Waals surface area contributed by atoms with Crippen LogP contribution in [0.2, 0.25) is 0 Å². The first kappa shape index (κ1) is 14.9. The van der Waals surface area contributed by atoms with Gasteiger partial charge in [0.15, 0.2) is 19.0 Å². The second-order valence-electron chi connectivity index (χ2n) is 4.22. The number of benzene rings is 1. The number of aryl methyl sites for hydroxylation is 1. The Balaban J connectivity index is 1.77. The van der Waals surface area contributed by atoms with Crippen LogP contribution in [0, 0.1) is 5.82 Å². The third-order valence-electron chi connectivity index (χ3n) is 2.57. The van der Waals surface area contributed by atoms with Crippen molar-refractivity contribution in [3.8, 4) is 5.75 Å². The summed E-state index contributed by atoms with van der Waals surface area (Å²) < 4.78 is 24.5. The molecule has 0 saturated carbocycles. The molecule has 0 aliphatic carbocycles. The van der Waals surface area contributed by atoms with Gasteiger partial charge in [0.25, 0.3) is 0 Å². The Morgan fingerprint density at radius 3 is 2.81 bits per heavy atom. The zero-order chi connectivity index (χ0) is 15.1. The molecule has 1 heterocycles. The summed E-state index contributed by atoms with van der Waals surface area (Å²) in [5.74, 6) is -0.0470. The van der Waals surface area contributed by atoms with Crippen molar-refractivity contribution < 1.29 is 18.7 Å². The highest BCUT2D eigenvalue weighted by Gasteiger charge is 2.10. The van der Waals surface area contributed by atoms with E-state index in [2.05, 4.69) is 15.5 Å². The fraction of sp³-hybridized carbons (Fsp3) is 0.385. The third-order valence-corrected chi connectivity index (χ3v) is 2.57. The van der Waals surface area contributed by atoms with E-state index in [1.165, 1.54) is 24.3 Å². The lowest BCUT2D eigenvalue weighted by Gasteiger charge is -2.07. The molecule has 0 spiro atoms. The molecule has 0 N–H and O–H groups in total. The highest BCUT2D eigenvalue weighted by Crippen LogP contribution is 2.10. The average Bonchev–Trinajstić information content (AvgIpc) is 2.92. The zero-order valence-electron chi connectivity index (χ0n) is 11.5. The number of nitrogens with zero attached hydrogens (tertiary/aromatic N) is 4. The van der Waals surface area contributed by atoms with Gasteiger partial charge in [-0.2, -0.15) is 0 Å². The van der Waals surface area contributed by atoms with E-state index in [4.69, 9.17) is 9.47 Å². The van der Waals surface area contributed by atoms with E-state index in [9.17, 15) is 9.18 Å². The number of tetrazole rings is 1. The van der Waals surface area contributed by atoms with E-state index in [0.717, 1.165) is 6.42 Å². The van der Waals surface area contributed by atoms with Crippen LogP contribution in [-0.4, -0.2) is 32.8 Å². The van der Waals surface area contributed by atoms with Crippen molar-refractivity contribution >= 4 is 5.97 Å². The summed E-state index contributed by atoms with van der Waals surface area (Å²) in [6.45, 7) is 2.37. The summed E-state index contributed by atoms with van der Waals surface area (Å²) in [6, 6.07) is 5.37. The molecule has 0 bridgehead atoms. The Morgan fingerprint density at radius 2 is 2.10 bits per heavy atom. The second-order valence-corrected chi connectivity index (χ2v) is 4.22. The lowest BCUT2D eigenvalue weighted by atomic mass is 10.3. The van der Waals surface area contributed by atoms with Crippen LogP contribution in [0.5, 0.6) is 5.75 Å². The molecule has 0 amide bonds. The van der Waals surface area contributed by atoms with Gasteiger partial charge in [-0.1, -0.05) is 6.92 Å². The monoisotopic (exact) mass is 294 g/mol. The van der Waals surface area contributed by atoms with Gasteiger partial charge in [-0.3, -0.25) is 0 Å². The maximum atomic E-state index is 12.7. The van der Waals surface area contributed by atoms with E-state index in [1.54, 1.807) is 4.68 Å². The Morgan fingerprint density at radius 1 is 1.33 bits per heavy atom. The third kappa shape index (κ3) is 4.51. The topological polar surface area (TPSA) is 79.1 Å². The Labute approximate surface area is 120 Å². The van der Waals surface area contributed by atoms with E-state index in [0.29, 0.717) is 18.1 Å². The molecule has 0 atom stereocenters. The van der Waals surface area contributed by atoms with Crippen LogP contribution in [0.15, 0.2) is 24.3 Å². The van der Waals surface area contributed by atoms with E-state index in [1.807, 2.05) is 6.92 Å². The number of aromatic nitrogens is 4. The van der Waals surface area contributed by atoms with Crippen LogP contribution >= 0.6 is 0 Å². The van der Waals surface area contributed by atoms with Gasteiger partial charge in [0, 0.05) is 6.54 Å². The molecular formula is C13H15FN4O3. The van der Waals surface area contributed by atoms with Gasteiger partial charge in [-0.05, 0) is 41.1 Å². The summed E-state index contributed by atoms with van der Waals surface area (Å²) in [7, 11) is 0. The quantitative estimate of drug-likeness (QED) is 0.717. The van der Waals surface area contributed by atoms with Gasteiger partial charge < -0.3 is 9.47 Å². The van der Waals surface area contributed by atoms with Crippen molar-refractivity contribution in [2.75, 3.05) is 6.61 Å². The maximum absolute atomic E-state index is 12.7. The number of esters is 1.